The predicted molar refractivity (Wildman–Crippen MR) is 96.0 cm³/mol. The molecular formula is C17H18N2O3S2. The first kappa shape index (κ1) is 16.9. The van der Waals surface area contributed by atoms with Gasteiger partial charge < -0.3 is 0 Å². The Labute approximate surface area is 145 Å². The zero-order valence-electron chi connectivity index (χ0n) is 13.0. The molecule has 1 aromatic heterocycles. The van der Waals surface area contributed by atoms with Crippen molar-refractivity contribution < 1.29 is 13.2 Å². The van der Waals surface area contributed by atoms with Crippen molar-refractivity contribution in [3.8, 4) is 0 Å². The first-order valence-electron chi connectivity index (χ1n) is 7.70. The number of aryl methyl sites for hydroxylation is 2. The Kier molecular flexibility index (Phi) is 5.13. The zero-order chi connectivity index (χ0) is 17.0. The number of fused-ring (bicyclic) bond motifs is 1. The van der Waals surface area contributed by atoms with E-state index in [1.165, 1.54) is 27.9 Å². The lowest BCUT2D eigenvalue weighted by atomic mass is 9.99. The highest BCUT2D eigenvalue weighted by molar-refractivity contribution is 7.92. The third-order valence-corrected chi connectivity index (χ3v) is 5.88. The molecule has 24 heavy (non-hydrogen) atoms. The number of thiophene rings is 1. The molecule has 7 heteroatoms. The van der Waals surface area contributed by atoms with Crippen LogP contribution in [0.2, 0.25) is 0 Å². The number of hydrogen-bond acceptors (Lipinski definition) is 4. The van der Waals surface area contributed by atoms with E-state index in [4.69, 9.17) is 0 Å². The van der Waals surface area contributed by atoms with Gasteiger partial charge in [0.15, 0.2) is 0 Å². The van der Waals surface area contributed by atoms with Gasteiger partial charge in [0, 0.05) is 10.3 Å². The molecule has 3 rings (SSSR count). The summed E-state index contributed by atoms with van der Waals surface area (Å²) in [6, 6.07) is 10.9. The van der Waals surface area contributed by atoms with Gasteiger partial charge in [0.2, 0.25) is 0 Å². The Balaban J connectivity index is 1.61. The first-order chi connectivity index (χ1) is 11.5. The molecule has 1 aliphatic rings. The molecule has 1 amide bonds. The van der Waals surface area contributed by atoms with E-state index in [9.17, 15) is 13.2 Å². The number of nitrogens with one attached hydrogen (secondary N) is 2. The van der Waals surface area contributed by atoms with Gasteiger partial charge in [-0.2, -0.15) is 0 Å². The molecule has 0 radical (unpaired) electrons. The van der Waals surface area contributed by atoms with E-state index in [-0.39, 0.29) is 0 Å². The molecule has 2 N–H and O–H groups in total. The number of sulfonamides is 1. The standard InChI is InChI=1S/C17H18N2O3S2/c20-17(16-12-14-8-4-5-9-15(14)23-16)18-19-24(21,22)11-10-13-6-2-1-3-7-13/h1-3,6-7,10-12,19H,4-5,8-9H2,(H,18,20). The molecule has 1 aliphatic carbocycles. The Morgan fingerprint density at radius 1 is 1.12 bits per heavy atom. The van der Waals surface area contributed by atoms with Gasteiger partial charge in [-0.3, -0.25) is 10.2 Å². The van der Waals surface area contributed by atoms with Crippen molar-refractivity contribution in [2.45, 2.75) is 25.7 Å². The van der Waals surface area contributed by atoms with Crippen LogP contribution in [0.4, 0.5) is 0 Å². The van der Waals surface area contributed by atoms with Crippen LogP contribution in [0.15, 0.2) is 41.8 Å². The van der Waals surface area contributed by atoms with Crippen LogP contribution in [0.25, 0.3) is 6.08 Å². The second-order valence-corrected chi connectivity index (χ2v) is 8.28. The summed E-state index contributed by atoms with van der Waals surface area (Å²) in [5, 5.41) is 1.03. The quantitative estimate of drug-likeness (QED) is 0.803. The Hall–Kier alpha value is -1.96. The fourth-order valence-corrected chi connectivity index (χ4v) is 4.34. The van der Waals surface area contributed by atoms with E-state index in [0.29, 0.717) is 4.88 Å². The topological polar surface area (TPSA) is 75.3 Å². The molecule has 0 fully saturated rings. The predicted octanol–water partition coefficient (Wildman–Crippen LogP) is 2.86. The van der Waals surface area contributed by atoms with Crippen molar-refractivity contribution in [3.05, 3.63) is 62.7 Å². The van der Waals surface area contributed by atoms with Gasteiger partial charge in [-0.25, -0.2) is 8.42 Å². The molecule has 0 aliphatic heterocycles. The maximum Gasteiger partial charge on any atom is 0.276 e. The third kappa shape index (κ3) is 4.31. The number of amides is 1. The maximum atomic E-state index is 12.1. The van der Waals surface area contributed by atoms with Crippen LogP contribution in [0.1, 0.15) is 38.5 Å². The van der Waals surface area contributed by atoms with Crippen molar-refractivity contribution in [3.63, 3.8) is 0 Å². The SMILES string of the molecule is O=C(NNS(=O)(=O)C=Cc1ccccc1)c1cc2c(s1)CCCC2. The molecule has 0 atom stereocenters. The van der Waals surface area contributed by atoms with Crippen LogP contribution in [-0.2, 0) is 22.9 Å². The summed E-state index contributed by atoms with van der Waals surface area (Å²) in [7, 11) is -3.74. The highest BCUT2D eigenvalue weighted by Crippen LogP contribution is 2.29. The van der Waals surface area contributed by atoms with Crippen LogP contribution >= 0.6 is 11.3 Å². The summed E-state index contributed by atoms with van der Waals surface area (Å²) in [6.07, 6.45) is 5.75. The highest BCUT2D eigenvalue weighted by Gasteiger charge is 2.18. The van der Waals surface area contributed by atoms with Gasteiger partial charge in [0.05, 0.1) is 4.88 Å². The Bertz CT molecular complexity index is 832. The third-order valence-electron chi connectivity index (χ3n) is 3.77. The number of rotatable bonds is 5. The summed E-state index contributed by atoms with van der Waals surface area (Å²) in [5.74, 6) is -0.425. The zero-order valence-corrected chi connectivity index (χ0v) is 14.6. The minimum absolute atomic E-state index is 0.425. The average molecular weight is 362 g/mol. The van der Waals surface area contributed by atoms with Gasteiger partial charge in [0.1, 0.15) is 0 Å². The molecule has 1 heterocycles. The smallest absolute Gasteiger partial charge is 0.273 e. The molecule has 5 nitrogen and oxygen atoms in total. The molecule has 126 valence electrons. The lowest BCUT2D eigenvalue weighted by Crippen LogP contribution is -2.40. The maximum absolute atomic E-state index is 12.1. The second kappa shape index (κ2) is 7.29. The molecule has 0 unspecified atom stereocenters. The van der Waals surface area contributed by atoms with Crippen LogP contribution in [0, 0.1) is 0 Å². The van der Waals surface area contributed by atoms with E-state index in [0.717, 1.165) is 36.7 Å². The molecule has 0 bridgehead atoms. The lowest BCUT2D eigenvalue weighted by Gasteiger charge is -2.08. The van der Waals surface area contributed by atoms with E-state index >= 15 is 0 Å². The molecule has 0 saturated heterocycles. The van der Waals surface area contributed by atoms with Gasteiger partial charge >= 0.3 is 0 Å². The van der Waals surface area contributed by atoms with Gasteiger partial charge in [0.25, 0.3) is 15.9 Å². The average Bonchev–Trinajstić information content (AvgIpc) is 3.03. The van der Waals surface area contributed by atoms with Crippen LogP contribution in [0.5, 0.6) is 0 Å². The fraction of sp³-hybridized carbons (Fsp3) is 0.235. The van der Waals surface area contributed by atoms with Crippen molar-refractivity contribution >= 4 is 33.3 Å². The minimum Gasteiger partial charge on any atom is -0.273 e. The normalized spacial score (nSPS) is 14.5. The largest absolute Gasteiger partial charge is 0.276 e. The number of carbonyl (C=O) groups excluding carboxylic acids is 1. The minimum atomic E-state index is -3.74. The van der Waals surface area contributed by atoms with E-state index in [2.05, 4.69) is 10.3 Å². The van der Waals surface area contributed by atoms with Crippen LogP contribution in [0.3, 0.4) is 0 Å². The molecular weight excluding hydrogens is 344 g/mol. The number of hydrogen-bond donors (Lipinski definition) is 2. The van der Waals surface area contributed by atoms with Crippen molar-refractivity contribution in [1.82, 2.24) is 10.3 Å². The van der Waals surface area contributed by atoms with E-state index in [1.54, 1.807) is 12.1 Å². The van der Waals surface area contributed by atoms with Crippen LogP contribution in [-0.4, -0.2) is 14.3 Å². The van der Waals surface area contributed by atoms with Crippen molar-refractivity contribution in [2.75, 3.05) is 0 Å². The first-order valence-corrected chi connectivity index (χ1v) is 10.1. The molecule has 0 saturated carbocycles. The number of benzene rings is 1. The Morgan fingerprint density at radius 3 is 2.62 bits per heavy atom. The van der Waals surface area contributed by atoms with Crippen LogP contribution < -0.4 is 10.3 Å². The summed E-state index contributed by atoms with van der Waals surface area (Å²) < 4.78 is 23.8. The molecule has 1 aromatic carbocycles. The second-order valence-electron chi connectivity index (χ2n) is 5.58. The summed E-state index contributed by atoms with van der Waals surface area (Å²) in [5.41, 5.74) is 4.24. The van der Waals surface area contributed by atoms with E-state index in [1.807, 2.05) is 24.3 Å². The van der Waals surface area contributed by atoms with Crippen molar-refractivity contribution in [2.24, 2.45) is 0 Å². The number of carbonyl (C=O) groups is 1. The lowest BCUT2D eigenvalue weighted by molar-refractivity contribution is 0.0949. The summed E-state index contributed by atoms with van der Waals surface area (Å²) in [6.45, 7) is 0. The Morgan fingerprint density at radius 2 is 1.88 bits per heavy atom. The van der Waals surface area contributed by atoms with Crippen molar-refractivity contribution in [1.29, 1.82) is 0 Å². The van der Waals surface area contributed by atoms with Gasteiger partial charge in [-0.1, -0.05) is 30.3 Å². The number of hydrazine groups is 1. The van der Waals surface area contributed by atoms with Gasteiger partial charge in [-0.05, 0) is 49.0 Å². The molecule has 0 spiro atoms. The fourth-order valence-electron chi connectivity index (χ4n) is 2.55. The molecule has 2 aromatic rings. The monoisotopic (exact) mass is 362 g/mol. The highest BCUT2D eigenvalue weighted by atomic mass is 32.2. The van der Waals surface area contributed by atoms with E-state index < -0.39 is 15.9 Å². The summed E-state index contributed by atoms with van der Waals surface area (Å²) >= 11 is 1.44. The summed E-state index contributed by atoms with van der Waals surface area (Å²) in [4.78, 5) is 16.0. The van der Waals surface area contributed by atoms with Gasteiger partial charge in [-0.15, -0.1) is 16.2 Å².